The van der Waals surface area contributed by atoms with Gasteiger partial charge in [-0.2, -0.15) is 5.10 Å². The Hall–Kier alpha value is -3.81. The molecule has 178 valence electrons. The standard InChI is InChI=1S/C27H25ClN4O3/c1-27(34)23(26(33)30-21-10-6-7-11-22(21)35-2)24(18-12-14-19(28)15-13-18)31-25-20(16-29-32(25)27)17-8-4-3-5-9-17/h3-16,23-24,31,34H,1-2H3,(H,30,33)/t23-,24-,27-/m0/s1. The fraction of sp³-hybridized carbons (Fsp3) is 0.185. The van der Waals surface area contributed by atoms with Crippen molar-refractivity contribution in [2.75, 3.05) is 17.7 Å². The Morgan fingerprint density at radius 3 is 2.49 bits per heavy atom. The lowest BCUT2D eigenvalue weighted by atomic mass is 9.82. The number of hydrogen-bond acceptors (Lipinski definition) is 5. The molecule has 3 N–H and O–H groups in total. The Morgan fingerprint density at radius 1 is 1.09 bits per heavy atom. The molecule has 0 spiro atoms. The summed E-state index contributed by atoms with van der Waals surface area (Å²) in [4.78, 5) is 13.8. The van der Waals surface area contributed by atoms with E-state index in [1.165, 1.54) is 4.68 Å². The van der Waals surface area contributed by atoms with Gasteiger partial charge < -0.3 is 20.5 Å². The second kappa shape index (κ2) is 9.09. The summed E-state index contributed by atoms with van der Waals surface area (Å²) in [7, 11) is 1.54. The predicted octanol–water partition coefficient (Wildman–Crippen LogP) is 5.30. The third-order valence-corrected chi connectivity index (χ3v) is 6.63. The van der Waals surface area contributed by atoms with E-state index < -0.39 is 17.7 Å². The van der Waals surface area contributed by atoms with E-state index in [1.807, 2.05) is 54.6 Å². The molecule has 0 bridgehead atoms. The Kier molecular flexibility index (Phi) is 5.96. The molecular formula is C27H25ClN4O3. The van der Waals surface area contributed by atoms with E-state index in [2.05, 4.69) is 15.7 Å². The van der Waals surface area contributed by atoms with Gasteiger partial charge in [0.25, 0.3) is 0 Å². The zero-order chi connectivity index (χ0) is 24.6. The van der Waals surface area contributed by atoms with Crippen molar-refractivity contribution in [1.29, 1.82) is 0 Å². The van der Waals surface area contributed by atoms with Crippen LogP contribution in [0.25, 0.3) is 11.1 Å². The first-order valence-corrected chi connectivity index (χ1v) is 11.6. The summed E-state index contributed by atoms with van der Waals surface area (Å²) in [5, 5.41) is 23.3. The highest BCUT2D eigenvalue weighted by Gasteiger charge is 2.50. The first-order chi connectivity index (χ1) is 16.9. The summed E-state index contributed by atoms with van der Waals surface area (Å²) in [5.74, 6) is -0.167. The molecule has 4 aromatic rings. The average molecular weight is 489 g/mol. The predicted molar refractivity (Wildman–Crippen MR) is 136 cm³/mol. The van der Waals surface area contributed by atoms with Crippen molar-refractivity contribution < 1.29 is 14.6 Å². The molecule has 3 atom stereocenters. The topological polar surface area (TPSA) is 88.4 Å². The largest absolute Gasteiger partial charge is 0.495 e. The maximum atomic E-state index is 13.8. The van der Waals surface area contributed by atoms with E-state index in [1.54, 1.807) is 44.5 Å². The van der Waals surface area contributed by atoms with Crippen LogP contribution in [0.4, 0.5) is 11.5 Å². The van der Waals surface area contributed by atoms with Gasteiger partial charge >= 0.3 is 0 Å². The molecule has 1 aliphatic rings. The van der Waals surface area contributed by atoms with E-state index in [0.717, 1.165) is 16.7 Å². The fourth-order valence-corrected chi connectivity index (χ4v) is 4.77. The van der Waals surface area contributed by atoms with Gasteiger partial charge in [0.15, 0.2) is 5.72 Å². The number of aromatic nitrogens is 2. The van der Waals surface area contributed by atoms with Crippen LogP contribution >= 0.6 is 11.6 Å². The van der Waals surface area contributed by atoms with Gasteiger partial charge in [0.05, 0.1) is 25.0 Å². The first-order valence-electron chi connectivity index (χ1n) is 11.2. The summed E-state index contributed by atoms with van der Waals surface area (Å²) in [6, 6.07) is 23.6. The fourth-order valence-electron chi connectivity index (χ4n) is 4.64. The number of rotatable bonds is 5. The molecule has 0 unspecified atom stereocenters. The number of benzene rings is 3. The number of para-hydroxylation sites is 2. The third-order valence-electron chi connectivity index (χ3n) is 6.37. The van der Waals surface area contributed by atoms with Crippen molar-refractivity contribution in [1.82, 2.24) is 9.78 Å². The summed E-state index contributed by atoms with van der Waals surface area (Å²) < 4.78 is 6.87. The van der Waals surface area contributed by atoms with Gasteiger partial charge in [-0.3, -0.25) is 4.79 Å². The first kappa shape index (κ1) is 23.0. The minimum absolute atomic E-state index is 0.380. The molecular weight excluding hydrogens is 464 g/mol. The van der Waals surface area contributed by atoms with Crippen LogP contribution in [0.1, 0.15) is 18.5 Å². The molecule has 0 fully saturated rings. The Morgan fingerprint density at radius 2 is 1.77 bits per heavy atom. The molecule has 1 aliphatic heterocycles. The van der Waals surface area contributed by atoms with Crippen LogP contribution in [0.3, 0.4) is 0 Å². The summed E-state index contributed by atoms with van der Waals surface area (Å²) in [6.07, 6.45) is 1.70. The van der Waals surface area contributed by atoms with Gasteiger partial charge in [0.1, 0.15) is 17.5 Å². The number of methoxy groups -OCH3 is 1. The second-order valence-corrected chi connectivity index (χ2v) is 9.06. The van der Waals surface area contributed by atoms with Crippen LogP contribution in [0.2, 0.25) is 5.02 Å². The molecule has 0 radical (unpaired) electrons. The SMILES string of the molecule is COc1ccccc1NC(=O)[C@@H]1[C@H](c2ccc(Cl)cc2)Nc2c(-c3ccccc3)cnn2[C@@]1(C)O. The monoisotopic (exact) mass is 488 g/mol. The van der Waals surface area contributed by atoms with Crippen molar-refractivity contribution in [3.05, 3.63) is 95.6 Å². The molecule has 8 heteroatoms. The van der Waals surface area contributed by atoms with Crippen molar-refractivity contribution in [2.45, 2.75) is 18.7 Å². The van der Waals surface area contributed by atoms with Gasteiger partial charge in [-0.05, 0) is 42.3 Å². The zero-order valence-electron chi connectivity index (χ0n) is 19.3. The Balaban J connectivity index is 1.61. The van der Waals surface area contributed by atoms with E-state index in [9.17, 15) is 9.90 Å². The minimum Gasteiger partial charge on any atom is -0.495 e. The number of hydrogen-bond donors (Lipinski definition) is 3. The molecule has 0 saturated carbocycles. The van der Waals surface area contributed by atoms with Crippen LogP contribution in [-0.4, -0.2) is 27.9 Å². The quantitative estimate of drug-likeness (QED) is 0.355. The number of ether oxygens (including phenoxy) is 1. The minimum atomic E-state index is -1.65. The van der Waals surface area contributed by atoms with Crippen molar-refractivity contribution in [2.24, 2.45) is 5.92 Å². The Labute approximate surface area is 208 Å². The second-order valence-electron chi connectivity index (χ2n) is 8.62. The summed E-state index contributed by atoms with van der Waals surface area (Å²) >= 11 is 6.14. The van der Waals surface area contributed by atoms with Crippen LogP contribution < -0.4 is 15.4 Å². The van der Waals surface area contributed by atoms with Crippen LogP contribution in [0.5, 0.6) is 5.75 Å². The van der Waals surface area contributed by atoms with Crippen LogP contribution in [0.15, 0.2) is 85.1 Å². The third kappa shape index (κ3) is 4.13. The van der Waals surface area contributed by atoms with E-state index in [-0.39, 0.29) is 5.91 Å². The van der Waals surface area contributed by atoms with Crippen molar-refractivity contribution in [3.8, 4) is 16.9 Å². The van der Waals surface area contributed by atoms with Crippen LogP contribution in [0, 0.1) is 5.92 Å². The number of amides is 1. The Bertz CT molecular complexity index is 1350. The van der Waals surface area contributed by atoms with Gasteiger partial charge in [0.2, 0.25) is 5.91 Å². The lowest BCUT2D eigenvalue weighted by molar-refractivity contribution is -0.143. The maximum absolute atomic E-state index is 13.8. The summed E-state index contributed by atoms with van der Waals surface area (Å²) in [6.45, 7) is 1.61. The van der Waals surface area contributed by atoms with Crippen LogP contribution in [-0.2, 0) is 10.5 Å². The lowest BCUT2D eigenvalue weighted by Crippen LogP contribution is -2.53. The van der Waals surface area contributed by atoms with Gasteiger partial charge in [0, 0.05) is 10.6 Å². The number of aliphatic hydroxyl groups is 1. The number of fused-ring (bicyclic) bond motifs is 1. The molecule has 0 saturated heterocycles. The molecule has 35 heavy (non-hydrogen) atoms. The number of carbonyl (C=O) groups excluding carboxylic acids is 1. The molecule has 2 heterocycles. The van der Waals surface area contributed by atoms with Gasteiger partial charge in [-0.1, -0.05) is 66.2 Å². The molecule has 7 nitrogen and oxygen atoms in total. The van der Waals surface area contributed by atoms with E-state index in [4.69, 9.17) is 16.3 Å². The molecule has 1 amide bonds. The molecule has 0 aliphatic carbocycles. The number of carbonyl (C=O) groups is 1. The van der Waals surface area contributed by atoms with E-state index >= 15 is 0 Å². The van der Waals surface area contributed by atoms with E-state index in [0.29, 0.717) is 22.3 Å². The van der Waals surface area contributed by atoms with Crippen molar-refractivity contribution >= 4 is 29.0 Å². The zero-order valence-corrected chi connectivity index (χ0v) is 20.0. The number of anilines is 2. The normalized spacial score (nSPS) is 21.0. The summed E-state index contributed by atoms with van der Waals surface area (Å²) in [5.41, 5.74) is 1.45. The van der Waals surface area contributed by atoms with Gasteiger partial charge in [-0.25, -0.2) is 4.68 Å². The number of nitrogens with one attached hydrogen (secondary N) is 2. The number of nitrogens with zero attached hydrogens (tertiary/aromatic N) is 2. The average Bonchev–Trinajstić information content (AvgIpc) is 3.30. The highest BCUT2D eigenvalue weighted by molar-refractivity contribution is 6.30. The smallest absolute Gasteiger partial charge is 0.234 e. The molecule has 5 rings (SSSR count). The molecule has 1 aromatic heterocycles. The highest BCUT2D eigenvalue weighted by atomic mass is 35.5. The molecule has 3 aromatic carbocycles. The number of halogens is 1. The highest BCUT2D eigenvalue weighted by Crippen LogP contribution is 2.46. The lowest BCUT2D eigenvalue weighted by Gasteiger charge is -2.43. The van der Waals surface area contributed by atoms with Gasteiger partial charge in [-0.15, -0.1) is 0 Å². The van der Waals surface area contributed by atoms with Crippen molar-refractivity contribution in [3.63, 3.8) is 0 Å². The maximum Gasteiger partial charge on any atom is 0.234 e.